The fourth-order valence-corrected chi connectivity index (χ4v) is 2.47. The van der Waals surface area contributed by atoms with Crippen molar-refractivity contribution in [2.45, 2.75) is 12.7 Å². The molecule has 0 aliphatic carbocycles. The lowest BCUT2D eigenvalue weighted by molar-refractivity contribution is 0.197. The Morgan fingerprint density at radius 2 is 1.81 bits per heavy atom. The van der Waals surface area contributed by atoms with Gasteiger partial charge in [0.25, 0.3) is 0 Å². The number of nitrogens with one attached hydrogen (secondary N) is 1. The van der Waals surface area contributed by atoms with Crippen LogP contribution in [0.1, 0.15) is 17.2 Å². The van der Waals surface area contributed by atoms with E-state index >= 15 is 0 Å². The number of aliphatic hydroxyl groups excluding tert-OH is 2. The number of phenols is 1. The molecule has 0 bridgehead atoms. The first kappa shape index (κ1) is 19.5. The van der Waals surface area contributed by atoms with Gasteiger partial charge in [-0.1, -0.05) is 42.5 Å². The van der Waals surface area contributed by atoms with Gasteiger partial charge in [0.15, 0.2) is 0 Å². The van der Waals surface area contributed by atoms with Gasteiger partial charge < -0.3 is 25.0 Å². The summed E-state index contributed by atoms with van der Waals surface area (Å²) in [5, 5.41) is 39.0. The summed E-state index contributed by atoms with van der Waals surface area (Å²) in [6, 6.07) is 15.4. The van der Waals surface area contributed by atoms with Crippen LogP contribution in [0.2, 0.25) is 0 Å². The molecule has 4 N–H and O–H groups in total. The maximum atomic E-state index is 10.7. The predicted octanol–water partition coefficient (Wildman–Crippen LogP) is 2.99. The van der Waals surface area contributed by atoms with Crippen molar-refractivity contribution in [3.05, 3.63) is 77.1 Å². The normalized spacial score (nSPS) is 13.2. The zero-order valence-corrected chi connectivity index (χ0v) is 14.9. The molecular formula is C20H24N2O4. The summed E-state index contributed by atoms with van der Waals surface area (Å²) >= 11 is 0. The highest BCUT2D eigenvalue weighted by atomic mass is 16.5. The molecule has 138 valence electrons. The van der Waals surface area contributed by atoms with Crippen LogP contribution in [0.5, 0.6) is 5.75 Å². The lowest BCUT2D eigenvalue weighted by Crippen LogP contribution is -2.22. The smallest absolute Gasteiger partial charge is 0.215 e. The summed E-state index contributed by atoms with van der Waals surface area (Å²) in [6.45, 7) is 0.285. The van der Waals surface area contributed by atoms with Gasteiger partial charge in [0, 0.05) is 0 Å². The van der Waals surface area contributed by atoms with Gasteiger partial charge in [0.1, 0.15) is 24.2 Å². The molecule has 0 aromatic heterocycles. The largest absolute Gasteiger partial charge is 0.510 e. The third-order valence-electron chi connectivity index (χ3n) is 3.71. The van der Waals surface area contributed by atoms with Crippen LogP contribution >= 0.6 is 0 Å². The van der Waals surface area contributed by atoms with E-state index in [4.69, 9.17) is 10.1 Å². The van der Waals surface area contributed by atoms with Crippen molar-refractivity contribution in [1.29, 1.82) is 5.41 Å². The zero-order valence-electron chi connectivity index (χ0n) is 14.9. The molecule has 1 atom stereocenters. The second-order valence-electron chi connectivity index (χ2n) is 6.20. The molecule has 0 spiro atoms. The molecule has 0 heterocycles. The number of aromatic hydroxyl groups is 1. The molecule has 0 amide bonds. The maximum absolute atomic E-state index is 10.7. The number of phenolic OH excluding ortho intramolecular Hbond substituents is 1. The Hall–Kier alpha value is -2.83. The van der Waals surface area contributed by atoms with Crippen LogP contribution in [0.25, 0.3) is 0 Å². The average molecular weight is 356 g/mol. The topological polar surface area (TPSA) is 97.0 Å². The summed E-state index contributed by atoms with van der Waals surface area (Å²) in [5.41, 5.74) is 1.20. The highest BCUT2D eigenvalue weighted by Gasteiger charge is 2.24. The van der Waals surface area contributed by atoms with E-state index in [9.17, 15) is 15.3 Å². The molecule has 6 heteroatoms. The minimum absolute atomic E-state index is 0.00951. The van der Waals surface area contributed by atoms with Crippen molar-refractivity contribution in [3.63, 3.8) is 0 Å². The number of benzene rings is 2. The van der Waals surface area contributed by atoms with Gasteiger partial charge in [0.2, 0.25) is 5.90 Å². The molecule has 0 aliphatic rings. The molecule has 0 saturated carbocycles. The molecule has 26 heavy (non-hydrogen) atoms. The number of hydrogen-bond donors (Lipinski definition) is 4. The Kier molecular flexibility index (Phi) is 6.77. The SMILES string of the molecule is CN(C)C/C(O)=C(/C(=N)OCc1ccccc1)[C@H](O)c1cccc(O)c1. The fourth-order valence-electron chi connectivity index (χ4n) is 2.47. The minimum Gasteiger partial charge on any atom is -0.510 e. The van der Waals surface area contributed by atoms with E-state index in [1.54, 1.807) is 31.1 Å². The monoisotopic (exact) mass is 356 g/mol. The number of rotatable bonds is 7. The van der Waals surface area contributed by atoms with E-state index in [1.807, 2.05) is 30.3 Å². The summed E-state index contributed by atoms with van der Waals surface area (Å²) in [6.07, 6.45) is -1.30. The molecule has 2 aromatic carbocycles. The summed E-state index contributed by atoms with van der Waals surface area (Å²) in [4.78, 5) is 1.72. The third kappa shape index (κ3) is 5.34. The molecule has 0 radical (unpaired) electrons. The van der Waals surface area contributed by atoms with Crippen molar-refractivity contribution in [1.82, 2.24) is 4.90 Å². The van der Waals surface area contributed by atoms with Crippen LogP contribution in [0, 0.1) is 5.41 Å². The van der Waals surface area contributed by atoms with Crippen LogP contribution in [0.4, 0.5) is 0 Å². The first-order valence-corrected chi connectivity index (χ1v) is 8.18. The third-order valence-corrected chi connectivity index (χ3v) is 3.71. The Morgan fingerprint density at radius 3 is 2.42 bits per heavy atom. The number of likely N-dealkylation sites (N-methyl/N-ethyl adjacent to an activating group) is 1. The lowest BCUT2D eigenvalue weighted by atomic mass is 9.99. The fraction of sp³-hybridized carbons (Fsp3) is 0.250. The Labute approximate surface area is 153 Å². The Balaban J connectivity index is 2.27. The lowest BCUT2D eigenvalue weighted by Gasteiger charge is -2.20. The van der Waals surface area contributed by atoms with Gasteiger partial charge in [-0.3, -0.25) is 5.41 Å². The predicted molar refractivity (Wildman–Crippen MR) is 100 cm³/mol. The van der Waals surface area contributed by atoms with E-state index in [0.29, 0.717) is 5.56 Å². The number of nitrogens with zero attached hydrogens (tertiary/aromatic N) is 1. The molecular weight excluding hydrogens is 332 g/mol. The van der Waals surface area contributed by atoms with Crippen molar-refractivity contribution in [3.8, 4) is 5.75 Å². The van der Waals surface area contributed by atoms with E-state index in [-0.39, 0.29) is 36.1 Å². The van der Waals surface area contributed by atoms with Crippen LogP contribution < -0.4 is 0 Å². The van der Waals surface area contributed by atoms with Gasteiger partial charge in [-0.25, -0.2) is 0 Å². The zero-order chi connectivity index (χ0) is 19.1. The molecule has 2 rings (SSSR count). The van der Waals surface area contributed by atoms with Gasteiger partial charge >= 0.3 is 0 Å². The Bertz CT molecular complexity index is 772. The van der Waals surface area contributed by atoms with E-state index in [2.05, 4.69) is 0 Å². The Morgan fingerprint density at radius 1 is 1.12 bits per heavy atom. The van der Waals surface area contributed by atoms with Gasteiger partial charge in [-0.15, -0.1) is 0 Å². The standard InChI is InChI=1S/C20H24N2O4/c1-22(2)12-17(24)18(19(25)15-9-6-10-16(23)11-15)20(21)26-13-14-7-4-3-5-8-14/h3-11,19,21,23-25H,12-13H2,1-2H3/b18-17-,21-20?/t19-/m1/s1. The molecule has 0 fully saturated rings. The molecule has 0 aliphatic heterocycles. The number of ether oxygens (including phenoxy) is 1. The van der Waals surface area contributed by atoms with Crippen molar-refractivity contribution in [2.75, 3.05) is 20.6 Å². The summed E-state index contributed by atoms with van der Waals surface area (Å²) in [7, 11) is 3.53. The van der Waals surface area contributed by atoms with Crippen molar-refractivity contribution < 1.29 is 20.1 Å². The molecule has 6 nitrogen and oxygen atoms in total. The quantitative estimate of drug-likeness (QED) is 0.347. The van der Waals surface area contributed by atoms with E-state index in [0.717, 1.165) is 5.56 Å². The minimum atomic E-state index is -1.30. The van der Waals surface area contributed by atoms with Crippen LogP contribution in [0.15, 0.2) is 65.9 Å². The maximum Gasteiger partial charge on any atom is 0.215 e. The van der Waals surface area contributed by atoms with Gasteiger partial charge in [0.05, 0.1) is 12.1 Å². The second-order valence-corrected chi connectivity index (χ2v) is 6.20. The first-order valence-electron chi connectivity index (χ1n) is 8.18. The van der Waals surface area contributed by atoms with Crippen LogP contribution in [-0.4, -0.2) is 46.8 Å². The van der Waals surface area contributed by atoms with E-state index < -0.39 is 6.10 Å². The van der Waals surface area contributed by atoms with Crippen molar-refractivity contribution >= 4 is 5.90 Å². The molecule has 2 aromatic rings. The van der Waals surface area contributed by atoms with Crippen molar-refractivity contribution in [2.24, 2.45) is 0 Å². The summed E-state index contributed by atoms with van der Waals surface area (Å²) in [5.74, 6) is -0.488. The van der Waals surface area contributed by atoms with Gasteiger partial charge in [-0.05, 0) is 37.4 Å². The number of aliphatic hydroxyl groups is 2. The highest BCUT2D eigenvalue weighted by Crippen LogP contribution is 2.27. The van der Waals surface area contributed by atoms with Gasteiger partial charge in [-0.2, -0.15) is 0 Å². The molecule has 0 saturated heterocycles. The number of hydrogen-bond acceptors (Lipinski definition) is 6. The summed E-state index contributed by atoms with van der Waals surface area (Å²) < 4.78 is 5.49. The second kappa shape index (κ2) is 9.03. The van der Waals surface area contributed by atoms with Crippen LogP contribution in [0.3, 0.4) is 0 Å². The average Bonchev–Trinajstić information content (AvgIpc) is 2.60. The molecule has 0 unspecified atom stereocenters. The van der Waals surface area contributed by atoms with E-state index in [1.165, 1.54) is 12.1 Å². The van der Waals surface area contributed by atoms with Crippen LogP contribution in [-0.2, 0) is 11.3 Å². The highest BCUT2D eigenvalue weighted by molar-refractivity contribution is 5.92. The first-order chi connectivity index (χ1) is 12.4.